The highest BCUT2D eigenvalue weighted by Crippen LogP contribution is 2.38. The van der Waals surface area contributed by atoms with Gasteiger partial charge in [-0.25, -0.2) is 0 Å². The molecular formula is C16H14N2O. The molecule has 0 aromatic heterocycles. The van der Waals surface area contributed by atoms with E-state index in [2.05, 4.69) is 5.32 Å². The van der Waals surface area contributed by atoms with Crippen molar-refractivity contribution in [3.63, 3.8) is 0 Å². The predicted molar refractivity (Wildman–Crippen MR) is 80.2 cm³/mol. The molecule has 0 unspecified atom stereocenters. The largest absolute Gasteiger partial charge is 0.397 e. The van der Waals surface area contributed by atoms with E-state index in [4.69, 9.17) is 5.73 Å². The molecule has 3 aromatic carbocycles. The summed E-state index contributed by atoms with van der Waals surface area (Å²) in [6.07, 6.45) is 0. The van der Waals surface area contributed by atoms with E-state index in [1.54, 1.807) is 0 Å². The molecule has 94 valence electrons. The van der Waals surface area contributed by atoms with Gasteiger partial charge in [0.25, 0.3) is 0 Å². The van der Waals surface area contributed by atoms with Crippen LogP contribution >= 0.6 is 0 Å². The standard InChI is InChI=1S/C16H14N2O/c1-10(19)18-16-14-9-5-3-7-12(14)11-6-2-4-8-13(11)15(16)17/h2-9H,17H2,1H3,(H,18,19). The summed E-state index contributed by atoms with van der Waals surface area (Å²) in [5.41, 5.74) is 7.53. The summed E-state index contributed by atoms with van der Waals surface area (Å²) in [5.74, 6) is -0.118. The first-order chi connectivity index (χ1) is 9.18. The number of anilines is 2. The topological polar surface area (TPSA) is 55.1 Å². The Morgan fingerprint density at radius 1 is 0.895 bits per heavy atom. The number of rotatable bonds is 1. The van der Waals surface area contributed by atoms with Crippen LogP contribution in [0.4, 0.5) is 11.4 Å². The maximum atomic E-state index is 11.4. The van der Waals surface area contributed by atoms with Gasteiger partial charge in [-0.15, -0.1) is 0 Å². The molecule has 0 aliphatic carbocycles. The third-order valence-corrected chi connectivity index (χ3v) is 3.27. The Hall–Kier alpha value is -2.55. The molecule has 19 heavy (non-hydrogen) atoms. The van der Waals surface area contributed by atoms with Gasteiger partial charge in [0.2, 0.25) is 5.91 Å². The van der Waals surface area contributed by atoms with Crippen molar-refractivity contribution in [2.45, 2.75) is 6.92 Å². The monoisotopic (exact) mass is 250 g/mol. The number of amides is 1. The van der Waals surface area contributed by atoms with Crippen molar-refractivity contribution in [2.24, 2.45) is 0 Å². The van der Waals surface area contributed by atoms with Crippen LogP contribution in [-0.4, -0.2) is 5.91 Å². The van der Waals surface area contributed by atoms with E-state index in [9.17, 15) is 4.79 Å². The molecule has 0 saturated carbocycles. The SMILES string of the molecule is CC(=O)Nc1c(N)c2ccccc2c2ccccc12. The van der Waals surface area contributed by atoms with Gasteiger partial charge in [-0.05, 0) is 10.8 Å². The molecule has 3 rings (SSSR count). The van der Waals surface area contributed by atoms with Gasteiger partial charge < -0.3 is 11.1 Å². The Labute approximate surface area is 111 Å². The normalized spacial score (nSPS) is 10.8. The van der Waals surface area contributed by atoms with Crippen LogP contribution in [0.15, 0.2) is 48.5 Å². The lowest BCUT2D eigenvalue weighted by Gasteiger charge is -2.14. The van der Waals surface area contributed by atoms with Crippen LogP contribution in [0, 0.1) is 0 Å². The summed E-state index contributed by atoms with van der Waals surface area (Å²) in [5, 5.41) is 6.97. The second-order valence-electron chi connectivity index (χ2n) is 4.56. The highest BCUT2D eigenvalue weighted by atomic mass is 16.1. The third kappa shape index (κ3) is 1.80. The van der Waals surface area contributed by atoms with E-state index in [1.807, 2.05) is 48.5 Å². The van der Waals surface area contributed by atoms with Gasteiger partial charge in [-0.2, -0.15) is 0 Å². The molecule has 3 aromatic rings. The van der Waals surface area contributed by atoms with Gasteiger partial charge in [-0.1, -0.05) is 48.5 Å². The van der Waals surface area contributed by atoms with E-state index in [0.29, 0.717) is 11.4 Å². The van der Waals surface area contributed by atoms with Crippen molar-refractivity contribution < 1.29 is 4.79 Å². The molecule has 0 saturated heterocycles. The summed E-state index contributed by atoms with van der Waals surface area (Å²) in [6, 6.07) is 15.9. The fourth-order valence-corrected chi connectivity index (χ4v) is 2.48. The number of nitrogens with one attached hydrogen (secondary N) is 1. The first-order valence-electron chi connectivity index (χ1n) is 6.15. The number of benzene rings is 3. The molecule has 3 N–H and O–H groups in total. The van der Waals surface area contributed by atoms with Gasteiger partial charge in [-0.3, -0.25) is 4.79 Å². The second kappa shape index (κ2) is 4.28. The Balaban J connectivity index is 2.51. The minimum atomic E-state index is -0.118. The summed E-state index contributed by atoms with van der Waals surface area (Å²) in [4.78, 5) is 11.4. The van der Waals surface area contributed by atoms with Crippen LogP contribution in [-0.2, 0) is 4.79 Å². The number of fused-ring (bicyclic) bond motifs is 3. The van der Waals surface area contributed by atoms with E-state index in [1.165, 1.54) is 6.92 Å². The van der Waals surface area contributed by atoms with Crippen LogP contribution in [0.25, 0.3) is 21.5 Å². The fraction of sp³-hybridized carbons (Fsp3) is 0.0625. The summed E-state index contributed by atoms with van der Waals surface area (Å²) in [6.45, 7) is 1.49. The second-order valence-corrected chi connectivity index (χ2v) is 4.56. The van der Waals surface area contributed by atoms with Gasteiger partial charge in [0.1, 0.15) is 0 Å². The van der Waals surface area contributed by atoms with Crippen molar-refractivity contribution in [3.05, 3.63) is 48.5 Å². The van der Waals surface area contributed by atoms with Crippen LogP contribution in [0.1, 0.15) is 6.92 Å². The summed E-state index contributed by atoms with van der Waals surface area (Å²) < 4.78 is 0. The van der Waals surface area contributed by atoms with Crippen molar-refractivity contribution in [2.75, 3.05) is 11.1 Å². The lowest BCUT2D eigenvalue weighted by atomic mass is 9.98. The third-order valence-electron chi connectivity index (χ3n) is 3.27. The van der Waals surface area contributed by atoms with Gasteiger partial charge >= 0.3 is 0 Å². The maximum Gasteiger partial charge on any atom is 0.221 e. The maximum absolute atomic E-state index is 11.4. The van der Waals surface area contributed by atoms with Crippen LogP contribution in [0.5, 0.6) is 0 Å². The number of hydrogen-bond acceptors (Lipinski definition) is 2. The number of nitrogen functional groups attached to an aromatic ring is 1. The molecule has 1 amide bonds. The van der Waals surface area contributed by atoms with Crippen molar-refractivity contribution in [3.8, 4) is 0 Å². The average Bonchev–Trinajstić information content (AvgIpc) is 2.43. The number of hydrogen-bond donors (Lipinski definition) is 2. The van der Waals surface area contributed by atoms with E-state index in [-0.39, 0.29) is 5.91 Å². The van der Waals surface area contributed by atoms with Crippen molar-refractivity contribution in [1.29, 1.82) is 0 Å². The Morgan fingerprint density at radius 2 is 1.37 bits per heavy atom. The summed E-state index contributed by atoms with van der Waals surface area (Å²) in [7, 11) is 0. The molecular weight excluding hydrogens is 236 g/mol. The predicted octanol–water partition coefficient (Wildman–Crippen LogP) is 3.53. The Bertz CT molecular complexity index is 793. The quantitative estimate of drug-likeness (QED) is 0.394. The fourth-order valence-electron chi connectivity index (χ4n) is 2.48. The molecule has 0 radical (unpaired) electrons. The highest BCUT2D eigenvalue weighted by molar-refractivity contribution is 6.21. The highest BCUT2D eigenvalue weighted by Gasteiger charge is 2.12. The first kappa shape index (κ1) is 11.5. The molecule has 0 aliphatic heterocycles. The van der Waals surface area contributed by atoms with Crippen LogP contribution in [0.3, 0.4) is 0 Å². The molecule has 0 bridgehead atoms. The number of carbonyl (C=O) groups excluding carboxylic acids is 1. The van der Waals surface area contributed by atoms with Gasteiger partial charge in [0, 0.05) is 17.7 Å². The minimum absolute atomic E-state index is 0.118. The lowest BCUT2D eigenvalue weighted by Crippen LogP contribution is -2.09. The van der Waals surface area contributed by atoms with Gasteiger partial charge in [0.05, 0.1) is 11.4 Å². The van der Waals surface area contributed by atoms with Crippen LogP contribution in [0.2, 0.25) is 0 Å². The average molecular weight is 250 g/mol. The van der Waals surface area contributed by atoms with Crippen LogP contribution < -0.4 is 11.1 Å². The number of nitrogens with two attached hydrogens (primary N) is 1. The molecule has 3 heteroatoms. The molecule has 3 nitrogen and oxygen atoms in total. The zero-order valence-electron chi connectivity index (χ0n) is 10.6. The molecule has 0 heterocycles. The van der Waals surface area contributed by atoms with Gasteiger partial charge in [0.15, 0.2) is 0 Å². The van der Waals surface area contributed by atoms with E-state index >= 15 is 0 Å². The molecule has 0 aliphatic rings. The molecule has 0 spiro atoms. The smallest absolute Gasteiger partial charge is 0.221 e. The minimum Gasteiger partial charge on any atom is -0.397 e. The van der Waals surface area contributed by atoms with E-state index < -0.39 is 0 Å². The zero-order valence-corrected chi connectivity index (χ0v) is 10.6. The van der Waals surface area contributed by atoms with Crippen molar-refractivity contribution in [1.82, 2.24) is 0 Å². The number of carbonyl (C=O) groups is 1. The first-order valence-corrected chi connectivity index (χ1v) is 6.15. The Kier molecular flexibility index (Phi) is 2.60. The van der Waals surface area contributed by atoms with E-state index in [0.717, 1.165) is 21.5 Å². The molecule has 0 atom stereocenters. The van der Waals surface area contributed by atoms with Crippen molar-refractivity contribution >= 4 is 38.8 Å². The lowest BCUT2D eigenvalue weighted by molar-refractivity contribution is -0.114. The summed E-state index contributed by atoms with van der Waals surface area (Å²) >= 11 is 0. The molecule has 0 fully saturated rings. The zero-order chi connectivity index (χ0) is 13.4. The Morgan fingerprint density at radius 3 is 1.95 bits per heavy atom.